The minimum absolute atomic E-state index is 0.0127. The highest BCUT2D eigenvalue weighted by atomic mass is 16.2. The maximum atomic E-state index is 13.0. The van der Waals surface area contributed by atoms with E-state index >= 15 is 0 Å². The number of amides is 2. The van der Waals surface area contributed by atoms with Gasteiger partial charge < -0.3 is 10.2 Å². The second kappa shape index (κ2) is 8.12. The summed E-state index contributed by atoms with van der Waals surface area (Å²) in [7, 11) is 0. The average Bonchev–Trinajstić information content (AvgIpc) is 3.21. The molecule has 0 saturated carbocycles. The number of benzene rings is 1. The van der Waals surface area contributed by atoms with Crippen molar-refractivity contribution in [2.24, 2.45) is 5.92 Å². The van der Waals surface area contributed by atoms with E-state index in [9.17, 15) is 9.59 Å². The highest BCUT2D eigenvalue weighted by Crippen LogP contribution is 2.22. The Hall–Kier alpha value is -2.70. The summed E-state index contributed by atoms with van der Waals surface area (Å²) in [5.41, 5.74) is 0.566. The third-order valence-electron chi connectivity index (χ3n) is 4.84. The molecule has 1 fully saturated rings. The number of nitrogens with zero attached hydrogens (tertiary/aromatic N) is 4. The van der Waals surface area contributed by atoms with E-state index in [1.165, 1.54) is 6.33 Å². The summed E-state index contributed by atoms with van der Waals surface area (Å²) in [6.45, 7) is 5.23. The van der Waals surface area contributed by atoms with Gasteiger partial charge in [-0.3, -0.25) is 9.59 Å². The third-order valence-corrected chi connectivity index (χ3v) is 4.84. The molecule has 1 aromatic heterocycles. The molecule has 1 aromatic carbocycles. The molecule has 26 heavy (non-hydrogen) atoms. The lowest BCUT2D eigenvalue weighted by Gasteiger charge is -2.35. The minimum Gasteiger partial charge on any atom is -0.341 e. The van der Waals surface area contributed by atoms with Crippen molar-refractivity contribution in [3.8, 4) is 0 Å². The molecule has 1 unspecified atom stereocenters. The molecule has 2 heterocycles. The molecule has 1 saturated heterocycles. The molecule has 3 rings (SSSR count). The third kappa shape index (κ3) is 4.09. The SMILES string of the molecule is CC(C)C(NC(=O)c1ccccc1)C(=O)N1CCC(n2cncn2)CC1. The van der Waals surface area contributed by atoms with E-state index in [4.69, 9.17) is 0 Å². The van der Waals surface area contributed by atoms with Gasteiger partial charge in [0.2, 0.25) is 5.91 Å². The number of carbonyl (C=O) groups is 2. The summed E-state index contributed by atoms with van der Waals surface area (Å²) in [5, 5.41) is 7.10. The smallest absolute Gasteiger partial charge is 0.251 e. The first-order valence-corrected chi connectivity index (χ1v) is 9.05. The lowest BCUT2D eigenvalue weighted by molar-refractivity contribution is -0.135. The Labute approximate surface area is 153 Å². The molecule has 1 aliphatic heterocycles. The Bertz CT molecular complexity index is 722. The van der Waals surface area contributed by atoms with Crippen LogP contribution in [-0.4, -0.2) is 50.6 Å². The highest BCUT2D eigenvalue weighted by molar-refractivity contribution is 5.97. The van der Waals surface area contributed by atoms with Gasteiger partial charge in [-0.05, 0) is 30.9 Å². The first kappa shape index (κ1) is 18.1. The van der Waals surface area contributed by atoms with Crippen LogP contribution in [-0.2, 0) is 4.79 Å². The summed E-state index contributed by atoms with van der Waals surface area (Å²) in [6, 6.07) is 8.75. The van der Waals surface area contributed by atoms with E-state index in [1.54, 1.807) is 18.5 Å². The van der Waals surface area contributed by atoms with Crippen molar-refractivity contribution < 1.29 is 9.59 Å². The predicted molar refractivity (Wildman–Crippen MR) is 97.4 cm³/mol. The zero-order chi connectivity index (χ0) is 18.5. The number of aromatic nitrogens is 3. The number of rotatable bonds is 5. The van der Waals surface area contributed by atoms with Gasteiger partial charge in [-0.2, -0.15) is 5.10 Å². The number of hydrogen-bond donors (Lipinski definition) is 1. The molecule has 1 aliphatic rings. The molecule has 7 heteroatoms. The Morgan fingerprint density at radius 3 is 2.42 bits per heavy atom. The summed E-state index contributed by atoms with van der Waals surface area (Å²) >= 11 is 0. The van der Waals surface area contributed by atoms with Crippen molar-refractivity contribution in [3.63, 3.8) is 0 Å². The van der Waals surface area contributed by atoms with Gasteiger partial charge in [-0.15, -0.1) is 0 Å². The Kier molecular flexibility index (Phi) is 5.65. The van der Waals surface area contributed by atoms with Crippen molar-refractivity contribution >= 4 is 11.8 Å². The first-order chi connectivity index (χ1) is 12.6. The standard InChI is InChI=1S/C19H25N5O2/c1-14(2)17(22-18(25)15-6-4-3-5-7-15)19(26)23-10-8-16(9-11-23)24-13-20-12-21-24/h3-7,12-14,16-17H,8-11H2,1-2H3,(H,22,25). The van der Waals surface area contributed by atoms with E-state index < -0.39 is 6.04 Å². The lowest BCUT2D eigenvalue weighted by Crippen LogP contribution is -2.53. The van der Waals surface area contributed by atoms with Crippen LogP contribution >= 0.6 is 0 Å². The summed E-state index contributed by atoms with van der Waals surface area (Å²) in [6.07, 6.45) is 4.93. The van der Waals surface area contributed by atoms with Crippen LogP contribution in [0.5, 0.6) is 0 Å². The van der Waals surface area contributed by atoms with Crippen molar-refractivity contribution in [3.05, 3.63) is 48.5 Å². The van der Waals surface area contributed by atoms with Gasteiger partial charge in [0, 0.05) is 18.7 Å². The number of likely N-dealkylation sites (tertiary alicyclic amines) is 1. The molecular weight excluding hydrogens is 330 g/mol. The van der Waals surface area contributed by atoms with Crippen molar-refractivity contribution in [1.82, 2.24) is 25.0 Å². The average molecular weight is 355 g/mol. The predicted octanol–water partition coefficient (Wildman–Crippen LogP) is 1.90. The first-order valence-electron chi connectivity index (χ1n) is 9.05. The number of hydrogen-bond acceptors (Lipinski definition) is 4. The largest absolute Gasteiger partial charge is 0.341 e. The van der Waals surface area contributed by atoms with Gasteiger partial charge in [0.1, 0.15) is 18.7 Å². The van der Waals surface area contributed by atoms with Gasteiger partial charge in [-0.1, -0.05) is 32.0 Å². The van der Waals surface area contributed by atoms with Crippen molar-refractivity contribution in [2.45, 2.75) is 38.8 Å². The second-order valence-electron chi connectivity index (χ2n) is 6.99. The van der Waals surface area contributed by atoms with Crippen LogP contribution in [0.25, 0.3) is 0 Å². The molecule has 2 amide bonds. The number of nitrogens with one attached hydrogen (secondary N) is 1. The molecule has 0 radical (unpaired) electrons. The van der Waals surface area contributed by atoms with Gasteiger partial charge in [-0.25, -0.2) is 9.67 Å². The van der Waals surface area contributed by atoms with Crippen LogP contribution in [0.15, 0.2) is 43.0 Å². The summed E-state index contributed by atoms with van der Waals surface area (Å²) < 4.78 is 1.86. The van der Waals surface area contributed by atoms with Gasteiger partial charge >= 0.3 is 0 Å². The Balaban J connectivity index is 1.61. The van der Waals surface area contributed by atoms with Crippen LogP contribution in [0.3, 0.4) is 0 Å². The zero-order valence-corrected chi connectivity index (χ0v) is 15.2. The van der Waals surface area contributed by atoms with Crippen LogP contribution < -0.4 is 5.32 Å². The molecule has 2 aromatic rings. The van der Waals surface area contributed by atoms with Gasteiger partial charge in [0.25, 0.3) is 5.91 Å². The van der Waals surface area contributed by atoms with E-state index in [-0.39, 0.29) is 23.8 Å². The molecule has 138 valence electrons. The van der Waals surface area contributed by atoms with Crippen molar-refractivity contribution in [1.29, 1.82) is 0 Å². The van der Waals surface area contributed by atoms with Crippen LogP contribution in [0, 0.1) is 5.92 Å². The van der Waals surface area contributed by atoms with E-state index in [2.05, 4.69) is 15.4 Å². The van der Waals surface area contributed by atoms with Crippen LogP contribution in [0.2, 0.25) is 0 Å². The lowest BCUT2D eigenvalue weighted by atomic mass is 9.99. The van der Waals surface area contributed by atoms with E-state index in [0.717, 1.165) is 12.8 Å². The zero-order valence-electron chi connectivity index (χ0n) is 15.2. The summed E-state index contributed by atoms with van der Waals surface area (Å²) in [5.74, 6) is -0.209. The van der Waals surface area contributed by atoms with E-state index in [0.29, 0.717) is 18.7 Å². The molecule has 1 atom stereocenters. The molecule has 0 bridgehead atoms. The molecule has 0 spiro atoms. The maximum Gasteiger partial charge on any atom is 0.251 e. The van der Waals surface area contributed by atoms with Crippen molar-refractivity contribution in [2.75, 3.05) is 13.1 Å². The second-order valence-corrected chi connectivity index (χ2v) is 6.99. The number of piperidine rings is 1. The maximum absolute atomic E-state index is 13.0. The van der Waals surface area contributed by atoms with Gasteiger partial charge in [0.15, 0.2) is 0 Å². The van der Waals surface area contributed by atoms with Crippen LogP contribution in [0.1, 0.15) is 43.1 Å². The van der Waals surface area contributed by atoms with Crippen LogP contribution in [0.4, 0.5) is 0 Å². The molecule has 1 N–H and O–H groups in total. The summed E-state index contributed by atoms with van der Waals surface area (Å²) in [4.78, 5) is 31.3. The van der Waals surface area contributed by atoms with Gasteiger partial charge in [0.05, 0.1) is 6.04 Å². The molecular formula is C19H25N5O2. The molecule has 0 aliphatic carbocycles. The fourth-order valence-electron chi connectivity index (χ4n) is 3.28. The molecule has 7 nitrogen and oxygen atoms in total. The Morgan fingerprint density at radius 2 is 1.85 bits per heavy atom. The quantitative estimate of drug-likeness (QED) is 0.888. The number of carbonyl (C=O) groups excluding carboxylic acids is 2. The monoisotopic (exact) mass is 355 g/mol. The normalized spacial score (nSPS) is 16.5. The van der Waals surface area contributed by atoms with E-state index in [1.807, 2.05) is 41.6 Å². The topological polar surface area (TPSA) is 80.1 Å². The Morgan fingerprint density at radius 1 is 1.15 bits per heavy atom. The highest BCUT2D eigenvalue weighted by Gasteiger charge is 2.31. The fraction of sp³-hybridized carbons (Fsp3) is 0.474. The fourth-order valence-corrected chi connectivity index (χ4v) is 3.28. The minimum atomic E-state index is -0.523.